The van der Waals surface area contributed by atoms with Crippen LogP contribution in [0.15, 0.2) is 0 Å². The number of primary amides is 1. The minimum absolute atomic E-state index is 0.231. The SMILES string of the molecule is CSC(C)CC(C)(NC1CC1)C(N)=O. The Morgan fingerprint density at radius 2 is 2.29 bits per heavy atom. The lowest BCUT2D eigenvalue weighted by molar-refractivity contribution is -0.124. The minimum Gasteiger partial charge on any atom is -0.368 e. The van der Waals surface area contributed by atoms with Gasteiger partial charge in [0.2, 0.25) is 5.91 Å². The van der Waals surface area contributed by atoms with E-state index >= 15 is 0 Å². The van der Waals surface area contributed by atoms with Crippen LogP contribution in [0.3, 0.4) is 0 Å². The maximum atomic E-state index is 11.4. The molecule has 1 fully saturated rings. The molecule has 0 radical (unpaired) electrons. The summed E-state index contributed by atoms with van der Waals surface area (Å²) in [5.41, 5.74) is 4.92. The molecule has 0 saturated heterocycles. The molecule has 0 aromatic rings. The van der Waals surface area contributed by atoms with E-state index < -0.39 is 5.54 Å². The lowest BCUT2D eigenvalue weighted by Crippen LogP contribution is -2.55. The third kappa shape index (κ3) is 3.17. The van der Waals surface area contributed by atoms with Gasteiger partial charge in [0.1, 0.15) is 0 Å². The number of nitrogens with one attached hydrogen (secondary N) is 1. The third-order valence-corrected chi connectivity index (χ3v) is 3.71. The van der Waals surface area contributed by atoms with E-state index in [0.29, 0.717) is 11.3 Å². The molecule has 2 unspecified atom stereocenters. The largest absolute Gasteiger partial charge is 0.368 e. The van der Waals surface area contributed by atoms with Crippen LogP contribution in [0.25, 0.3) is 0 Å². The van der Waals surface area contributed by atoms with Gasteiger partial charge in [0.15, 0.2) is 0 Å². The molecule has 3 N–H and O–H groups in total. The monoisotopic (exact) mass is 216 g/mol. The quantitative estimate of drug-likeness (QED) is 0.699. The second kappa shape index (κ2) is 4.53. The molecule has 1 aliphatic carbocycles. The van der Waals surface area contributed by atoms with Gasteiger partial charge < -0.3 is 11.1 Å². The van der Waals surface area contributed by atoms with Gasteiger partial charge in [0, 0.05) is 11.3 Å². The Morgan fingerprint density at radius 3 is 2.64 bits per heavy atom. The standard InChI is InChI=1S/C10H20N2OS/c1-7(14-3)6-10(2,9(11)13)12-8-4-5-8/h7-8,12H,4-6H2,1-3H3,(H2,11,13). The zero-order valence-electron chi connectivity index (χ0n) is 9.17. The Kier molecular flexibility index (Phi) is 3.84. The van der Waals surface area contributed by atoms with Gasteiger partial charge in [-0.05, 0) is 32.4 Å². The highest BCUT2D eigenvalue weighted by atomic mass is 32.2. The lowest BCUT2D eigenvalue weighted by Gasteiger charge is -2.29. The number of thioether (sulfide) groups is 1. The molecule has 0 spiro atoms. The van der Waals surface area contributed by atoms with Gasteiger partial charge in [-0.25, -0.2) is 0 Å². The fourth-order valence-corrected chi connectivity index (χ4v) is 2.07. The van der Waals surface area contributed by atoms with Gasteiger partial charge >= 0.3 is 0 Å². The summed E-state index contributed by atoms with van der Waals surface area (Å²) < 4.78 is 0. The van der Waals surface area contributed by atoms with Crippen LogP contribution in [-0.4, -0.2) is 29.0 Å². The van der Waals surface area contributed by atoms with Crippen molar-refractivity contribution < 1.29 is 4.79 Å². The lowest BCUT2D eigenvalue weighted by atomic mass is 9.95. The van der Waals surface area contributed by atoms with Crippen molar-refractivity contribution in [2.75, 3.05) is 6.26 Å². The third-order valence-electron chi connectivity index (χ3n) is 2.74. The summed E-state index contributed by atoms with van der Waals surface area (Å²) >= 11 is 1.77. The Hall–Kier alpha value is -0.220. The minimum atomic E-state index is -0.524. The highest BCUT2D eigenvalue weighted by Gasteiger charge is 2.37. The number of nitrogens with two attached hydrogens (primary N) is 1. The van der Waals surface area contributed by atoms with Gasteiger partial charge in [-0.2, -0.15) is 11.8 Å². The topological polar surface area (TPSA) is 55.1 Å². The molecular formula is C10H20N2OS. The van der Waals surface area contributed by atoms with E-state index in [1.807, 2.05) is 6.92 Å². The molecule has 2 atom stereocenters. The molecule has 3 nitrogen and oxygen atoms in total. The van der Waals surface area contributed by atoms with Crippen molar-refractivity contribution in [2.24, 2.45) is 5.73 Å². The van der Waals surface area contributed by atoms with Crippen molar-refractivity contribution in [1.82, 2.24) is 5.32 Å². The van der Waals surface area contributed by atoms with Crippen molar-refractivity contribution in [1.29, 1.82) is 0 Å². The smallest absolute Gasteiger partial charge is 0.237 e. The Labute approximate surface area is 90.2 Å². The zero-order chi connectivity index (χ0) is 10.8. The molecule has 1 aliphatic rings. The van der Waals surface area contributed by atoms with E-state index in [0.717, 1.165) is 6.42 Å². The summed E-state index contributed by atoms with van der Waals surface area (Å²) in [6.07, 6.45) is 5.22. The van der Waals surface area contributed by atoms with Gasteiger partial charge in [-0.1, -0.05) is 6.92 Å². The molecule has 82 valence electrons. The summed E-state index contributed by atoms with van der Waals surface area (Å²) in [5.74, 6) is -0.231. The number of hydrogen-bond acceptors (Lipinski definition) is 3. The summed E-state index contributed by atoms with van der Waals surface area (Å²) in [6, 6.07) is 0.515. The van der Waals surface area contributed by atoms with Gasteiger partial charge in [-0.15, -0.1) is 0 Å². The first-order valence-electron chi connectivity index (χ1n) is 5.08. The van der Waals surface area contributed by atoms with Crippen LogP contribution < -0.4 is 11.1 Å². The molecule has 14 heavy (non-hydrogen) atoms. The summed E-state index contributed by atoms with van der Waals surface area (Å²) in [7, 11) is 0. The number of amides is 1. The van der Waals surface area contributed by atoms with E-state index in [1.54, 1.807) is 11.8 Å². The van der Waals surface area contributed by atoms with Crippen molar-refractivity contribution in [3.63, 3.8) is 0 Å². The zero-order valence-corrected chi connectivity index (χ0v) is 9.99. The van der Waals surface area contributed by atoms with Crippen LogP contribution in [-0.2, 0) is 4.79 Å². The summed E-state index contributed by atoms with van der Waals surface area (Å²) in [4.78, 5) is 11.4. The fraction of sp³-hybridized carbons (Fsp3) is 0.900. The van der Waals surface area contributed by atoms with Crippen molar-refractivity contribution in [2.45, 2.75) is 49.9 Å². The highest BCUT2D eigenvalue weighted by molar-refractivity contribution is 7.99. The molecule has 0 aromatic heterocycles. The van der Waals surface area contributed by atoms with Crippen LogP contribution >= 0.6 is 11.8 Å². The van der Waals surface area contributed by atoms with E-state index in [1.165, 1.54) is 12.8 Å². The number of carbonyl (C=O) groups is 1. The van der Waals surface area contributed by atoms with Gasteiger partial charge in [0.25, 0.3) is 0 Å². The first-order valence-corrected chi connectivity index (χ1v) is 6.37. The predicted octanol–water partition coefficient (Wildman–Crippen LogP) is 1.12. The molecular weight excluding hydrogens is 196 g/mol. The van der Waals surface area contributed by atoms with Crippen LogP contribution in [0.4, 0.5) is 0 Å². The molecule has 0 heterocycles. The molecule has 1 amide bonds. The average molecular weight is 216 g/mol. The number of rotatable bonds is 6. The molecule has 0 aromatic carbocycles. The fourth-order valence-electron chi connectivity index (χ4n) is 1.57. The Morgan fingerprint density at radius 1 is 1.71 bits per heavy atom. The van der Waals surface area contributed by atoms with Crippen LogP contribution in [0.5, 0.6) is 0 Å². The molecule has 1 rings (SSSR count). The van der Waals surface area contributed by atoms with E-state index in [4.69, 9.17) is 5.73 Å². The van der Waals surface area contributed by atoms with E-state index in [2.05, 4.69) is 18.5 Å². The van der Waals surface area contributed by atoms with Crippen LogP contribution in [0.1, 0.15) is 33.1 Å². The molecule has 0 bridgehead atoms. The summed E-state index contributed by atoms with van der Waals surface area (Å²) in [5, 5.41) is 3.80. The van der Waals surface area contributed by atoms with Gasteiger partial charge in [-0.3, -0.25) is 4.79 Å². The van der Waals surface area contributed by atoms with Crippen molar-refractivity contribution in [3.8, 4) is 0 Å². The van der Waals surface area contributed by atoms with Crippen LogP contribution in [0.2, 0.25) is 0 Å². The molecule has 1 saturated carbocycles. The normalized spacial score (nSPS) is 22.8. The maximum absolute atomic E-state index is 11.4. The van der Waals surface area contributed by atoms with Crippen molar-refractivity contribution in [3.05, 3.63) is 0 Å². The van der Waals surface area contributed by atoms with Gasteiger partial charge in [0.05, 0.1) is 5.54 Å². The first-order chi connectivity index (χ1) is 6.48. The Bertz CT molecular complexity index is 218. The predicted molar refractivity (Wildman–Crippen MR) is 61.4 cm³/mol. The van der Waals surface area contributed by atoms with Crippen LogP contribution in [0, 0.1) is 0 Å². The average Bonchev–Trinajstić information content (AvgIpc) is 2.87. The molecule has 0 aliphatic heterocycles. The second-order valence-corrected chi connectivity index (χ2v) is 5.64. The number of carbonyl (C=O) groups excluding carboxylic acids is 1. The van der Waals surface area contributed by atoms with Crippen molar-refractivity contribution >= 4 is 17.7 Å². The number of hydrogen-bond donors (Lipinski definition) is 2. The van der Waals surface area contributed by atoms with E-state index in [-0.39, 0.29) is 5.91 Å². The summed E-state index contributed by atoms with van der Waals surface area (Å²) in [6.45, 7) is 4.04. The molecule has 4 heteroatoms. The maximum Gasteiger partial charge on any atom is 0.237 e. The second-order valence-electron chi connectivity index (χ2n) is 4.37. The van der Waals surface area contributed by atoms with E-state index in [9.17, 15) is 4.79 Å². The first kappa shape index (κ1) is 11.9. The highest BCUT2D eigenvalue weighted by Crippen LogP contribution is 2.26. The Balaban J connectivity index is 2.54.